The summed E-state index contributed by atoms with van der Waals surface area (Å²) in [4.78, 5) is 0. The standard InChI is InChI=1S/C8H10ClN/c9-5-7-2-1-3-8(4-7)6-10/h1-4H,5-6,10H2. The van der Waals surface area contributed by atoms with Gasteiger partial charge in [0.1, 0.15) is 0 Å². The van der Waals surface area contributed by atoms with Gasteiger partial charge in [0.15, 0.2) is 0 Å². The maximum absolute atomic E-state index is 5.62. The van der Waals surface area contributed by atoms with E-state index in [2.05, 4.69) is 0 Å². The molecule has 0 saturated carbocycles. The molecule has 0 unspecified atom stereocenters. The van der Waals surface area contributed by atoms with Gasteiger partial charge in [-0.05, 0) is 11.1 Å². The zero-order valence-electron chi connectivity index (χ0n) is 5.68. The summed E-state index contributed by atoms with van der Waals surface area (Å²) in [5.41, 5.74) is 7.70. The average molecular weight is 156 g/mol. The Labute approximate surface area is 65.8 Å². The Kier molecular flexibility index (Phi) is 2.72. The molecule has 0 aliphatic carbocycles. The van der Waals surface area contributed by atoms with Gasteiger partial charge in [0.2, 0.25) is 0 Å². The molecule has 1 aromatic carbocycles. The summed E-state index contributed by atoms with van der Waals surface area (Å²) in [6, 6.07) is 7.98. The number of halogens is 1. The summed E-state index contributed by atoms with van der Waals surface area (Å²) in [5, 5.41) is 0. The van der Waals surface area contributed by atoms with Crippen molar-refractivity contribution < 1.29 is 0 Å². The quantitative estimate of drug-likeness (QED) is 0.649. The zero-order valence-corrected chi connectivity index (χ0v) is 6.43. The Balaban J connectivity index is 2.87. The normalized spacial score (nSPS) is 9.80. The van der Waals surface area contributed by atoms with Crippen LogP contribution in [0.1, 0.15) is 11.1 Å². The van der Waals surface area contributed by atoms with E-state index in [-0.39, 0.29) is 0 Å². The van der Waals surface area contributed by atoms with Crippen LogP contribution >= 0.6 is 11.6 Å². The largest absolute Gasteiger partial charge is 0.326 e. The lowest BCUT2D eigenvalue weighted by molar-refractivity contribution is 1.06. The molecular weight excluding hydrogens is 146 g/mol. The molecule has 0 heterocycles. The molecule has 0 amide bonds. The summed E-state index contributed by atoms with van der Waals surface area (Å²) in [5.74, 6) is 0.563. The van der Waals surface area contributed by atoms with Crippen LogP contribution in [-0.2, 0) is 12.4 Å². The van der Waals surface area contributed by atoms with E-state index in [1.54, 1.807) is 0 Å². The molecule has 10 heavy (non-hydrogen) atoms. The van der Waals surface area contributed by atoms with Gasteiger partial charge in [0.05, 0.1) is 0 Å². The minimum atomic E-state index is 0.563. The molecule has 0 aromatic heterocycles. The first-order valence-electron chi connectivity index (χ1n) is 3.20. The van der Waals surface area contributed by atoms with Crippen LogP contribution in [0.25, 0.3) is 0 Å². The van der Waals surface area contributed by atoms with E-state index in [9.17, 15) is 0 Å². The van der Waals surface area contributed by atoms with Crippen LogP contribution in [0.15, 0.2) is 24.3 Å². The first-order valence-corrected chi connectivity index (χ1v) is 3.74. The van der Waals surface area contributed by atoms with Crippen molar-refractivity contribution >= 4 is 11.6 Å². The summed E-state index contributed by atoms with van der Waals surface area (Å²) >= 11 is 5.62. The summed E-state index contributed by atoms with van der Waals surface area (Å²) in [6.07, 6.45) is 0. The summed E-state index contributed by atoms with van der Waals surface area (Å²) in [7, 11) is 0. The molecule has 0 fully saturated rings. The molecule has 0 bridgehead atoms. The lowest BCUT2D eigenvalue weighted by Crippen LogP contribution is -1.95. The number of benzene rings is 1. The molecule has 2 N–H and O–H groups in total. The smallest absolute Gasteiger partial charge is 0.0474 e. The summed E-state index contributed by atoms with van der Waals surface area (Å²) < 4.78 is 0. The van der Waals surface area contributed by atoms with Crippen LogP contribution < -0.4 is 5.73 Å². The van der Waals surface area contributed by atoms with Crippen LogP contribution in [0.2, 0.25) is 0 Å². The maximum atomic E-state index is 5.62. The number of alkyl halides is 1. The van der Waals surface area contributed by atoms with Gasteiger partial charge in [-0.2, -0.15) is 0 Å². The Bertz CT molecular complexity index is 191. The topological polar surface area (TPSA) is 26.0 Å². The van der Waals surface area contributed by atoms with Gasteiger partial charge in [0, 0.05) is 12.4 Å². The van der Waals surface area contributed by atoms with Crippen molar-refractivity contribution in [3.05, 3.63) is 35.4 Å². The van der Waals surface area contributed by atoms with Gasteiger partial charge in [0.25, 0.3) is 0 Å². The van der Waals surface area contributed by atoms with E-state index in [0.29, 0.717) is 12.4 Å². The van der Waals surface area contributed by atoms with Gasteiger partial charge < -0.3 is 5.73 Å². The van der Waals surface area contributed by atoms with Crippen LogP contribution in [-0.4, -0.2) is 0 Å². The molecule has 1 aromatic rings. The lowest BCUT2D eigenvalue weighted by Gasteiger charge is -1.97. The molecule has 0 aliphatic heterocycles. The predicted octanol–water partition coefficient (Wildman–Crippen LogP) is 1.88. The molecular formula is C8H10ClN. The van der Waals surface area contributed by atoms with Crippen molar-refractivity contribution in [3.63, 3.8) is 0 Å². The molecule has 1 nitrogen and oxygen atoms in total. The van der Waals surface area contributed by atoms with E-state index in [1.165, 1.54) is 0 Å². The Morgan fingerprint density at radius 2 is 2.00 bits per heavy atom. The van der Waals surface area contributed by atoms with Crippen molar-refractivity contribution in [2.24, 2.45) is 5.73 Å². The highest BCUT2D eigenvalue weighted by atomic mass is 35.5. The monoisotopic (exact) mass is 155 g/mol. The van der Waals surface area contributed by atoms with Gasteiger partial charge >= 0.3 is 0 Å². The first-order chi connectivity index (χ1) is 4.86. The van der Waals surface area contributed by atoms with Crippen molar-refractivity contribution in [3.8, 4) is 0 Å². The van der Waals surface area contributed by atoms with E-state index in [1.807, 2.05) is 24.3 Å². The molecule has 1 rings (SSSR count). The third-order valence-corrected chi connectivity index (χ3v) is 1.69. The SMILES string of the molecule is NCc1cccc(CCl)c1. The van der Waals surface area contributed by atoms with Gasteiger partial charge in [-0.3, -0.25) is 0 Å². The van der Waals surface area contributed by atoms with E-state index >= 15 is 0 Å². The molecule has 0 saturated heterocycles. The van der Waals surface area contributed by atoms with E-state index in [4.69, 9.17) is 17.3 Å². The molecule has 54 valence electrons. The minimum Gasteiger partial charge on any atom is -0.326 e. The van der Waals surface area contributed by atoms with Crippen LogP contribution in [0, 0.1) is 0 Å². The first kappa shape index (κ1) is 7.58. The second kappa shape index (κ2) is 3.59. The van der Waals surface area contributed by atoms with Gasteiger partial charge in [-0.1, -0.05) is 24.3 Å². The molecule has 0 aliphatic rings. The second-order valence-electron chi connectivity index (χ2n) is 2.16. The van der Waals surface area contributed by atoms with Crippen LogP contribution in [0.3, 0.4) is 0 Å². The highest BCUT2D eigenvalue weighted by Crippen LogP contribution is 2.06. The number of hydrogen-bond donors (Lipinski definition) is 1. The van der Waals surface area contributed by atoms with Crippen molar-refractivity contribution in [2.45, 2.75) is 12.4 Å². The predicted molar refractivity (Wildman–Crippen MR) is 43.9 cm³/mol. The fourth-order valence-electron chi connectivity index (χ4n) is 0.840. The molecule has 2 heteroatoms. The lowest BCUT2D eigenvalue weighted by atomic mass is 10.1. The fraction of sp³-hybridized carbons (Fsp3) is 0.250. The molecule has 0 radical (unpaired) electrons. The average Bonchev–Trinajstić information content (AvgIpc) is 2.05. The van der Waals surface area contributed by atoms with Crippen molar-refractivity contribution in [2.75, 3.05) is 0 Å². The van der Waals surface area contributed by atoms with Gasteiger partial charge in [-0.15, -0.1) is 11.6 Å². The maximum Gasteiger partial charge on any atom is 0.0474 e. The number of rotatable bonds is 2. The molecule has 0 spiro atoms. The van der Waals surface area contributed by atoms with E-state index in [0.717, 1.165) is 11.1 Å². The minimum absolute atomic E-state index is 0.563. The fourth-order valence-corrected chi connectivity index (χ4v) is 1.01. The zero-order chi connectivity index (χ0) is 7.40. The van der Waals surface area contributed by atoms with Gasteiger partial charge in [-0.25, -0.2) is 0 Å². The second-order valence-corrected chi connectivity index (χ2v) is 2.42. The van der Waals surface area contributed by atoms with Crippen molar-refractivity contribution in [1.82, 2.24) is 0 Å². The summed E-state index contributed by atoms with van der Waals surface area (Å²) in [6.45, 7) is 0.588. The van der Waals surface area contributed by atoms with Crippen LogP contribution in [0.5, 0.6) is 0 Å². The van der Waals surface area contributed by atoms with E-state index < -0.39 is 0 Å². The molecule has 0 atom stereocenters. The Morgan fingerprint density at radius 3 is 2.60 bits per heavy atom. The highest BCUT2D eigenvalue weighted by molar-refractivity contribution is 6.17. The van der Waals surface area contributed by atoms with Crippen LogP contribution in [0.4, 0.5) is 0 Å². The third kappa shape index (κ3) is 1.72. The Morgan fingerprint density at radius 1 is 1.30 bits per heavy atom. The third-order valence-electron chi connectivity index (χ3n) is 1.38. The highest BCUT2D eigenvalue weighted by Gasteiger charge is 1.90. The Hall–Kier alpha value is -0.530. The number of hydrogen-bond acceptors (Lipinski definition) is 1. The number of nitrogens with two attached hydrogens (primary N) is 1. The van der Waals surface area contributed by atoms with Crippen molar-refractivity contribution in [1.29, 1.82) is 0 Å².